The lowest BCUT2D eigenvalue weighted by Crippen LogP contribution is -2.46. The molecule has 1 unspecified atom stereocenters. The predicted molar refractivity (Wildman–Crippen MR) is 144 cm³/mol. The van der Waals surface area contributed by atoms with Gasteiger partial charge in [0.1, 0.15) is 11.9 Å². The Balaban J connectivity index is 0.00000289. The molecular weight excluding hydrogens is 513 g/mol. The summed E-state index contributed by atoms with van der Waals surface area (Å²) in [6.07, 6.45) is 3.48. The lowest BCUT2D eigenvalue weighted by molar-refractivity contribution is 0.235. The van der Waals surface area contributed by atoms with E-state index >= 15 is 0 Å². The van der Waals surface area contributed by atoms with Gasteiger partial charge in [0.2, 0.25) is 0 Å². The number of nitrogens with one attached hydrogen (secondary N) is 2. The molecular formula is C25H36IN5O. The van der Waals surface area contributed by atoms with Gasteiger partial charge in [0, 0.05) is 51.9 Å². The lowest BCUT2D eigenvalue weighted by Gasteiger charge is -2.36. The maximum absolute atomic E-state index is 5.99. The van der Waals surface area contributed by atoms with Crippen molar-refractivity contribution >= 4 is 35.6 Å². The van der Waals surface area contributed by atoms with E-state index in [0.29, 0.717) is 0 Å². The molecule has 2 aromatic carbocycles. The van der Waals surface area contributed by atoms with Gasteiger partial charge in [-0.3, -0.25) is 9.89 Å². The van der Waals surface area contributed by atoms with E-state index < -0.39 is 0 Å². The summed E-state index contributed by atoms with van der Waals surface area (Å²) in [6, 6.07) is 19.0. The van der Waals surface area contributed by atoms with Crippen LogP contribution in [0.15, 0.2) is 59.6 Å². The van der Waals surface area contributed by atoms with Crippen molar-refractivity contribution in [3.63, 3.8) is 0 Å². The first-order chi connectivity index (χ1) is 15.3. The number of hydrogen-bond acceptors (Lipinski definition) is 4. The molecule has 2 aliphatic heterocycles. The maximum Gasteiger partial charge on any atom is 0.191 e. The summed E-state index contributed by atoms with van der Waals surface area (Å²) in [6.45, 7) is 7.41. The number of hydrogen-bond donors (Lipinski definition) is 2. The predicted octanol–water partition coefficient (Wildman–Crippen LogP) is 3.38. The third kappa shape index (κ3) is 7.00. The minimum atomic E-state index is 0. The summed E-state index contributed by atoms with van der Waals surface area (Å²) >= 11 is 0. The van der Waals surface area contributed by atoms with Crippen LogP contribution in [0.4, 0.5) is 5.69 Å². The molecule has 2 aromatic rings. The first kappa shape index (κ1) is 24.6. The Kier molecular flexibility index (Phi) is 9.92. The van der Waals surface area contributed by atoms with Crippen LogP contribution in [0.2, 0.25) is 0 Å². The van der Waals surface area contributed by atoms with Crippen molar-refractivity contribution in [3.8, 4) is 5.75 Å². The molecule has 32 heavy (non-hydrogen) atoms. The number of halogens is 1. The molecule has 0 radical (unpaired) electrons. The van der Waals surface area contributed by atoms with Crippen LogP contribution in [0.1, 0.15) is 18.4 Å². The van der Waals surface area contributed by atoms with Crippen LogP contribution in [0.5, 0.6) is 5.75 Å². The van der Waals surface area contributed by atoms with Gasteiger partial charge in [-0.2, -0.15) is 0 Å². The SMILES string of the molecule is CN=C(NCCCCN1CCN(c2ccccc2)CC1)NCC1Cc2ccccc2O1.I. The van der Waals surface area contributed by atoms with E-state index in [2.05, 4.69) is 67.9 Å². The van der Waals surface area contributed by atoms with Crippen LogP contribution in [0.3, 0.4) is 0 Å². The molecule has 2 heterocycles. The number of ether oxygens (including phenoxy) is 1. The summed E-state index contributed by atoms with van der Waals surface area (Å²) in [5.41, 5.74) is 2.64. The second-order valence-corrected chi connectivity index (χ2v) is 8.30. The van der Waals surface area contributed by atoms with Crippen LogP contribution in [-0.2, 0) is 6.42 Å². The van der Waals surface area contributed by atoms with E-state index in [9.17, 15) is 0 Å². The van der Waals surface area contributed by atoms with Gasteiger partial charge >= 0.3 is 0 Å². The van der Waals surface area contributed by atoms with E-state index in [1.54, 1.807) is 0 Å². The summed E-state index contributed by atoms with van der Waals surface area (Å²) in [4.78, 5) is 9.42. The standard InChI is InChI=1S/C25H35N5O.HI/c1-26-25(28-20-23-19-21-9-5-6-12-24(21)31-23)27-13-7-8-14-29-15-17-30(18-16-29)22-10-3-2-4-11-22;/h2-6,9-12,23H,7-8,13-20H2,1H3,(H2,26,27,28);1H. The van der Waals surface area contributed by atoms with Gasteiger partial charge in [-0.15, -0.1) is 24.0 Å². The van der Waals surface area contributed by atoms with Crippen molar-refractivity contribution in [2.24, 2.45) is 4.99 Å². The summed E-state index contributed by atoms with van der Waals surface area (Å²) < 4.78 is 5.99. The number of guanidine groups is 1. The first-order valence-electron chi connectivity index (χ1n) is 11.5. The van der Waals surface area contributed by atoms with E-state index in [0.717, 1.165) is 63.8 Å². The molecule has 174 valence electrons. The molecule has 0 saturated carbocycles. The minimum absolute atomic E-state index is 0. The number of unbranched alkanes of at least 4 members (excludes halogenated alkanes) is 1. The highest BCUT2D eigenvalue weighted by Crippen LogP contribution is 2.27. The number of benzene rings is 2. The number of piperazine rings is 1. The van der Waals surface area contributed by atoms with Crippen molar-refractivity contribution in [2.45, 2.75) is 25.4 Å². The van der Waals surface area contributed by atoms with E-state index in [1.807, 2.05) is 19.2 Å². The van der Waals surface area contributed by atoms with Gasteiger partial charge in [0.15, 0.2) is 5.96 Å². The third-order valence-corrected chi connectivity index (χ3v) is 6.12. The topological polar surface area (TPSA) is 52.1 Å². The van der Waals surface area contributed by atoms with Gasteiger partial charge < -0.3 is 20.3 Å². The third-order valence-electron chi connectivity index (χ3n) is 6.12. The summed E-state index contributed by atoms with van der Waals surface area (Å²) in [7, 11) is 1.83. The number of anilines is 1. The highest BCUT2D eigenvalue weighted by atomic mass is 127. The van der Waals surface area contributed by atoms with Crippen LogP contribution in [0, 0.1) is 0 Å². The Labute approximate surface area is 209 Å². The number of rotatable bonds is 8. The van der Waals surface area contributed by atoms with Crippen molar-refractivity contribution in [1.82, 2.24) is 15.5 Å². The molecule has 6 nitrogen and oxygen atoms in total. The molecule has 2 aliphatic rings. The molecule has 1 fully saturated rings. The molecule has 0 aromatic heterocycles. The van der Waals surface area contributed by atoms with Crippen LogP contribution >= 0.6 is 24.0 Å². The monoisotopic (exact) mass is 549 g/mol. The molecule has 1 atom stereocenters. The molecule has 4 rings (SSSR count). The van der Waals surface area contributed by atoms with Crippen molar-refractivity contribution in [3.05, 3.63) is 60.2 Å². The summed E-state index contributed by atoms with van der Waals surface area (Å²) in [5, 5.41) is 6.84. The van der Waals surface area contributed by atoms with Gasteiger partial charge in [0.05, 0.1) is 6.54 Å². The fraction of sp³-hybridized carbons (Fsp3) is 0.480. The van der Waals surface area contributed by atoms with Gasteiger partial charge in [-0.05, 0) is 43.1 Å². The Bertz CT molecular complexity index is 814. The molecule has 7 heteroatoms. The van der Waals surface area contributed by atoms with E-state index in [-0.39, 0.29) is 30.1 Å². The maximum atomic E-state index is 5.99. The van der Waals surface area contributed by atoms with Crippen LogP contribution in [0.25, 0.3) is 0 Å². The molecule has 0 amide bonds. The molecule has 1 saturated heterocycles. The average Bonchev–Trinajstić information content (AvgIpc) is 3.25. The fourth-order valence-electron chi connectivity index (χ4n) is 4.33. The zero-order valence-corrected chi connectivity index (χ0v) is 21.3. The van der Waals surface area contributed by atoms with Crippen molar-refractivity contribution in [1.29, 1.82) is 0 Å². The highest BCUT2D eigenvalue weighted by Gasteiger charge is 2.22. The van der Waals surface area contributed by atoms with Crippen LogP contribution < -0.4 is 20.3 Å². The second kappa shape index (κ2) is 12.9. The van der Waals surface area contributed by atoms with Crippen LogP contribution in [-0.4, -0.2) is 69.8 Å². The zero-order valence-electron chi connectivity index (χ0n) is 19.0. The fourth-order valence-corrected chi connectivity index (χ4v) is 4.33. The number of aliphatic imine (C=N–C) groups is 1. The molecule has 0 spiro atoms. The Morgan fingerprint density at radius 1 is 0.969 bits per heavy atom. The highest BCUT2D eigenvalue weighted by molar-refractivity contribution is 14.0. The van der Waals surface area contributed by atoms with Gasteiger partial charge in [0.25, 0.3) is 0 Å². The first-order valence-corrected chi connectivity index (χ1v) is 11.5. The van der Waals surface area contributed by atoms with E-state index in [4.69, 9.17) is 4.74 Å². The largest absolute Gasteiger partial charge is 0.488 e. The number of fused-ring (bicyclic) bond motifs is 1. The normalized spacial score (nSPS) is 18.5. The zero-order chi connectivity index (χ0) is 21.3. The average molecular weight is 550 g/mol. The Hall–Kier alpha value is -2.00. The van der Waals surface area contributed by atoms with Gasteiger partial charge in [-0.25, -0.2) is 0 Å². The molecule has 0 bridgehead atoms. The minimum Gasteiger partial charge on any atom is -0.488 e. The van der Waals surface area contributed by atoms with E-state index in [1.165, 1.54) is 24.2 Å². The smallest absolute Gasteiger partial charge is 0.191 e. The molecule has 0 aliphatic carbocycles. The number of nitrogens with zero attached hydrogens (tertiary/aromatic N) is 3. The van der Waals surface area contributed by atoms with Crippen molar-refractivity contribution < 1.29 is 4.74 Å². The Morgan fingerprint density at radius 3 is 2.47 bits per heavy atom. The Morgan fingerprint density at radius 2 is 1.72 bits per heavy atom. The summed E-state index contributed by atoms with van der Waals surface area (Å²) in [5.74, 6) is 1.87. The quantitative estimate of drug-likeness (QED) is 0.229. The van der Waals surface area contributed by atoms with Crippen molar-refractivity contribution in [2.75, 3.05) is 57.8 Å². The van der Waals surface area contributed by atoms with Gasteiger partial charge in [-0.1, -0.05) is 36.4 Å². The second-order valence-electron chi connectivity index (χ2n) is 8.30. The molecule has 2 N–H and O–H groups in total. The number of para-hydroxylation sites is 2. The lowest BCUT2D eigenvalue weighted by atomic mass is 10.1.